The number of carbonyl (C=O) groups is 1. The Kier molecular flexibility index (Phi) is 4.76. The molecule has 9 heteroatoms. The zero-order valence-corrected chi connectivity index (χ0v) is 15.2. The van der Waals surface area contributed by atoms with E-state index in [-0.39, 0.29) is 22.4 Å². The Bertz CT molecular complexity index is 926. The lowest BCUT2D eigenvalue weighted by atomic mass is 10.1. The number of nitrogens with zero attached hydrogens (tertiary/aromatic N) is 1. The molecule has 3 rings (SSSR count). The summed E-state index contributed by atoms with van der Waals surface area (Å²) in [6.07, 6.45) is -3.05. The first kappa shape index (κ1) is 18.4. The number of phenolic OH excluding ortho intramolecular Hbond substituents is 1. The topological polar surface area (TPSA) is 49.8 Å². The molecule has 4 nitrogen and oxygen atoms in total. The highest BCUT2D eigenvalue weighted by Crippen LogP contribution is 2.33. The highest BCUT2D eigenvalue weighted by molar-refractivity contribution is 9.10. The second kappa shape index (κ2) is 6.73. The van der Waals surface area contributed by atoms with E-state index in [1.165, 1.54) is 12.1 Å². The third-order valence-corrected chi connectivity index (χ3v) is 4.42. The lowest BCUT2D eigenvalue weighted by Crippen LogP contribution is -2.28. The van der Waals surface area contributed by atoms with E-state index < -0.39 is 17.6 Å². The van der Waals surface area contributed by atoms with Gasteiger partial charge in [0.25, 0.3) is 5.17 Å². The Hall–Kier alpha value is -2.39. The van der Waals surface area contributed by atoms with Crippen molar-refractivity contribution in [2.45, 2.75) is 6.18 Å². The van der Waals surface area contributed by atoms with Crippen molar-refractivity contribution in [2.75, 3.05) is 4.90 Å². The molecule has 2 aromatic rings. The highest BCUT2D eigenvalue weighted by Gasteiger charge is 2.36. The molecule has 134 valence electrons. The van der Waals surface area contributed by atoms with Crippen molar-refractivity contribution in [3.8, 4) is 5.75 Å². The van der Waals surface area contributed by atoms with Gasteiger partial charge in [-0.25, -0.2) is 4.90 Å². The van der Waals surface area contributed by atoms with Crippen molar-refractivity contribution in [1.82, 2.24) is 0 Å². The summed E-state index contributed by atoms with van der Waals surface area (Å²) >= 11 is 8.18. The second-order valence-electron chi connectivity index (χ2n) is 5.27. The number of thiocarbonyl (C=S) groups is 1. The van der Waals surface area contributed by atoms with Gasteiger partial charge in [0.1, 0.15) is 5.75 Å². The molecular weight excluding hydrogens is 435 g/mol. The number of rotatable bonds is 2. The summed E-state index contributed by atoms with van der Waals surface area (Å²) in [6.45, 7) is 0. The Balaban J connectivity index is 1.89. The van der Waals surface area contributed by atoms with E-state index >= 15 is 0 Å². The van der Waals surface area contributed by atoms with E-state index in [0.29, 0.717) is 10.0 Å². The Labute approximate surface area is 159 Å². The van der Waals surface area contributed by atoms with Gasteiger partial charge in [-0.1, -0.05) is 6.07 Å². The molecule has 0 radical (unpaired) electrons. The number of phenols is 1. The predicted octanol–water partition coefficient (Wildman–Crippen LogP) is 4.86. The molecule has 2 aromatic carbocycles. The molecule has 0 aliphatic carbocycles. The fraction of sp³-hybridized carbons (Fsp3) is 0.0588. The molecule has 1 N–H and O–H groups in total. The number of hydrogen-bond acceptors (Lipinski definition) is 4. The van der Waals surface area contributed by atoms with Crippen molar-refractivity contribution in [1.29, 1.82) is 0 Å². The van der Waals surface area contributed by atoms with Crippen LogP contribution in [0.1, 0.15) is 11.1 Å². The normalized spacial score (nSPS) is 16.3. The van der Waals surface area contributed by atoms with Crippen molar-refractivity contribution in [3.63, 3.8) is 0 Å². The quantitative estimate of drug-likeness (QED) is 0.531. The van der Waals surface area contributed by atoms with E-state index in [0.717, 1.165) is 29.2 Å². The van der Waals surface area contributed by atoms with Crippen LogP contribution in [0.25, 0.3) is 6.08 Å². The van der Waals surface area contributed by atoms with E-state index in [2.05, 4.69) is 15.9 Å². The minimum atomic E-state index is -4.47. The Morgan fingerprint density at radius 1 is 1.15 bits per heavy atom. The number of anilines is 1. The van der Waals surface area contributed by atoms with Crippen LogP contribution in [0.4, 0.5) is 18.9 Å². The summed E-state index contributed by atoms with van der Waals surface area (Å²) in [5, 5.41) is 9.31. The van der Waals surface area contributed by atoms with Crippen LogP contribution in [0.3, 0.4) is 0 Å². The SMILES string of the molecule is O=C1/C(=C/c2ccc(O)c(Br)c2)OC(=S)N1c1ccc(C(F)(F)F)cc1. The number of halogens is 4. The van der Waals surface area contributed by atoms with Gasteiger partial charge in [-0.2, -0.15) is 13.2 Å². The zero-order valence-electron chi connectivity index (χ0n) is 12.7. The number of amides is 1. The summed E-state index contributed by atoms with van der Waals surface area (Å²) in [6, 6.07) is 8.60. The Morgan fingerprint density at radius 2 is 1.81 bits per heavy atom. The maximum atomic E-state index is 12.7. The van der Waals surface area contributed by atoms with Crippen LogP contribution < -0.4 is 4.90 Å². The largest absolute Gasteiger partial charge is 0.507 e. The summed E-state index contributed by atoms with van der Waals surface area (Å²) in [5.74, 6) is -0.640. The monoisotopic (exact) mass is 443 g/mol. The van der Waals surface area contributed by atoms with Crippen LogP contribution in [0.5, 0.6) is 5.75 Å². The van der Waals surface area contributed by atoms with E-state index in [1.54, 1.807) is 12.1 Å². The van der Waals surface area contributed by atoms with Gasteiger partial charge >= 0.3 is 12.1 Å². The Morgan fingerprint density at radius 3 is 2.38 bits per heavy atom. The van der Waals surface area contributed by atoms with Crippen molar-refractivity contribution in [2.24, 2.45) is 0 Å². The number of alkyl halides is 3. The molecule has 0 atom stereocenters. The maximum absolute atomic E-state index is 12.7. The van der Waals surface area contributed by atoms with E-state index in [1.807, 2.05) is 0 Å². The van der Waals surface area contributed by atoms with Gasteiger partial charge < -0.3 is 9.84 Å². The van der Waals surface area contributed by atoms with Crippen LogP contribution in [0.15, 0.2) is 52.7 Å². The van der Waals surface area contributed by atoms with Crippen molar-refractivity contribution >= 4 is 51.0 Å². The fourth-order valence-corrected chi connectivity index (χ4v) is 2.93. The summed E-state index contributed by atoms with van der Waals surface area (Å²) < 4.78 is 43.7. The second-order valence-corrected chi connectivity index (χ2v) is 6.48. The van der Waals surface area contributed by atoms with Crippen molar-refractivity contribution in [3.05, 3.63) is 63.8 Å². The molecule has 1 heterocycles. The minimum Gasteiger partial charge on any atom is -0.507 e. The van der Waals surface area contributed by atoms with E-state index in [9.17, 15) is 23.1 Å². The first-order valence-corrected chi connectivity index (χ1v) is 8.30. The fourth-order valence-electron chi connectivity index (χ4n) is 2.25. The van der Waals surface area contributed by atoms with Crippen LogP contribution in [0, 0.1) is 0 Å². The lowest BCUT2D eigenvalue weighted by Gasteiger charge is -2.13. The van der Waals surface area contributed by atoms with Gasteiger partial charge in [0.05, 0.1) is 15.7 Å². The zero-order chi connectivity index (χ0) is 19.1. The summed E-state index contributed by atoms with van der Waals surface area (Å²) in [5.41, 5.74) is -0.0946. The van der Waals surface area contributed by atoms with Crippen molar-refractivity contribution < 1.29 is 27.8 Å². The minimum absolute atomic E-state index is 0.0349. The molecule has 1 aliphatic rings. The molecule has 1 fully saturated rings. The van der Waals surface area contributed by atoms with Gasteiger partial charge in [0.2, 0.25) is 0 Å². The van der Waals surface area contributed by atoms with Gasteiger partial charge in [0, 0.05) is 0 Å². The maximum Gasteiger partial charge on any atom is 0.416 e. The number of carbonyl (C=O) groups excluding carboxylic acids is 1. The highest BCUT2D eigenvalue weighted by atomic mass is 79.9. The molecule has 0 unspecified atom stereocenters. The van der Waals surface area contributed by atoms with Gasteiger partial charge in [-0.05, 0) is 76.2 Å². The third-order valence-electron chi connectivity index (χ3n) is 3.52. The summed E-state index contributed by atoms with van der Waals surface area (Å²) in [4.78, 5) is 13.5. The van der Waals surface area contributed by atoms with Crippen LogP contribution in [0.2, 0.25) is 0 Å². The standard InChI is InChI=1S/C17H9BrF3NO3S/c18-12-7-9(1-6-13(12)23)8-14-15(24)22(16(26)25-14)11-4-2-10(3-5-11)17(19,20)21/h1-8,23H/b14-8-. The smallest absolute Gasteiger partial charge is 0.416 e. The molecule has 1 saturated heterocycles. The lowest BCUT2D eigenvalue weighted by molar-refractivity contribution is -0.137. The first-order chi connectivity index (χ1) is 12.2. The molecule has 0 saturated carbocycles. The van der Waals surface area contributed by atoms with Gasteiger partial charge in [-0.3, -0.25) is 4.79 Å². The van der Waals surface area contributed by atoms with Gasteiger partial charge in [0.15, 0.2) is 5.76 Å². The molecule has 0 spiro atoms. The molecule has 1 aliphatic heterocycles. The number of aromatic hydroxyl groups is 1. The molecule has 26 heavy (non-hydrogen) atoms. The number of hydrogen-bond donors (Lipinski definition) is 1. The molecule has 0 bridgehead atoms. The average molecular weight is 444 g/mol. The molecule has 0 aromatic heterocycles. The third kappa shape index (κ3) is 3.58. The summed E-state index contributed by atoms with van der Waals surface area (Å²) in [7, 11) is 0. The number of benzene rings is 2. The predicted molar refractivity (Wildman–Crippen MR) is 96.4 cm³/mol. The van der Waals surface area contributed by atoms with Crippen LogP contribution in [-0.2, 0) is 15.7 Å². The number of ether oxygens (including phenoxy) is 1. The molecular formula is C17H9BrF3NO3S. The average Bonchev–Trinajstić information content (AvgIpc) is 2.84. The van der Waals surface area contributed by atoms with E-state index in [4.69, 9.17) is 17.0 Å². The van der Waals surface area contributed by atoms with Gasteiger partial charge in [-0.15, -0.1) is 0 Å². The first-order valence-electron chi connectivity index (χ1n) is 7.10. The van der Waals surface area contributed by atoms with Crippen LogP contribution >= 0.6 is 28.1 Å². The van der Waals surface area contributed by atoms with Crippen LogP contribution in [-0.4, -0.2) is 16.2 Å². The molecule has 1 amide bonds.